The molecule has 0 amide bonds. The molecule has 4 aromatic rings. The van der Waals surface area contributed by atoms with Crippen LogP contribution in [-0.2, 0) is 11.5 Å². The number of rotatable bonds is 5. The third-order valence-corrected chi connectivity index (χ3v) is 5.23. The number of nitrogens with zero attached hydrogens (tertiary/aromatic N) is 4. The smallest absolute Gasteiger partial charge is 0.108 e. The number of thioether (sulfide) groups is 1. The molecule has 0 radical (unpaired) electrons. The Balaban J connectivity index is 1.40. The maximum atomic E-state index is 4.39. The maximum absolute atomic E-state index is 4.39. The molecule has 0 unspecified atom stereocenters. The van der Waals surface area contributed by atoms with E-state index in [1.807, 2.05) is 34.9 Å². The van der Waals surface area contributed by atoms with E-state index in [1.54, 1.807) is 6.20 Å². The Labute approximate surface area is 142 Å². The number of imidazole rings is 1. The van der Waals surface area contributed by atoms with Crippen LogP contribution < -0.4 is 0 Å². The fourth-order valence-electron chi connectivity index (χ4n) is 2.43. The summed E-state index contributed by atoms with van der Waals surface area (Å²) in [5, 5.41) is 0. The molecule has 0 saturated carbocycles. The highest BCUT2D eigenvalue weighted by atomic mass is 32.2. The van der Waals surface area contributed by atoms with Crippen LogP contribution in [0.5, 0.6) is 0 Å². The Hall–Kier alpha value is -2.18. The first-order chi connectivity index (χ1) is 11.4. The molecule has 4 rings (SSSR count). The molecule has 0 bridgehead atoms. The molecule has 4 nitrogen and oxygen atoms in total. The largest absolute Gasteiger partial charge is 0.306 e. The summed E-state index contributed by atoms with van der Waals surface area (Å²) in [5.74, 6) is 1.93. The van der Waals surface area contributed by atoms with E-state index in [-0.39, 0.29) is 0 Å². The summed E-state index contributed by atoms with van der Waals surface area (Å²) in [5.41, 5.74) is 5.76. The summed E-state index contributed by atoms with van der Waals surface area (Å²) in [4.78, 5) is 4.07. The molecule has 0 N–H and O–H groups in total. The van der Waals surface area contributed by atoms with Crippen molar-refractivity contribution in [2.45, 2.75) is 11.5 Å². The van der Waals surface area contributed by atoms with Crippen molar-refractivity contribution in [2.24, 2.45) is 0 Å². The molecule has 0 spiro atoms. The number of fused-ring (bicyclic) bond motifs is 1. The fraction of sp³-hybridized carbons (Fsp3) is 0.118. The quantitative estimate of drug-likeness (QED) is 0.544. The second kappa shape index (κ2) is 6.52. The molecule has 0 aliphatic rings. The third kappa shape index (κ3) is 3.13. The molecule has 2 heterocycles. The van der Waals surface area contributed by atoms with Crippen LogP contribution in [0.3, 0.4) is 0 Å². The lowest BCUT2D eigenvalue weighted by Gasteiger charge is -2.05. The molecule has 0 aliphatic carbocycles. The molecular weight excluding hydrogens is 324 g/mol. The van der Waals surface area contributed by atoms with Crippen LogP contribution >= 0.6 is 23.5 Å². The second-order valence-electron chi connectivity index (χ2n) is 5.18. The van der Waals surface area contributed by atoms with E-state index < -0.39 is 0 Å². The number of aromatic nitrogens is 4. The summed E-state index contributed by atoms with van der Waals surface area (Å²) < 4.78 is 10.7. The predicted octanol–water partition coefficient (Wildman–Crippen LogP) is 4.31. The number of hydrogen-bond donors (Lipinski definition) is 0. The molecule has 23 heavy (non-hydrogen) atoms. The van der Waals surface area contributed by atoms with Crippen molar-refractivity contribution in [2.75, 3.05) is 0 Å². The van der Waals surface area contributed by atoms with Crippen molar-refractivity contribution in [3.63, 3.8) is 0 Å². The zero-order valence-corrected chi connectivity index (χ0v) is 13.9. The van der Waals surface area contributed by atoms with Crippen LogP contribution in [0.4, 0.5) is 0 Å². The molecule has 0 atom stereocenters. The normalized spacial score (nSPS) is 11.1. The minimum absolute atomic E-state index is 0.950. The Morgan fingerprint density at radius 2 is 1.91 bits per heavy atom. The van der Waals surface area contributed by atoms with E-state index in [9.17, 15) is 0 Å². The first-order valence-electron chi connectivity index (χ1n) is 7.25. The van der Waals surface area contributed by atoms with Gasteiger partial charge in [0.05, 0.1) is 18.1 Å². The van der Waals surface area contributed by atoms with Crippen molar-refractivity contribution in [3.8, 4) is 5.69 Å². The fourth-order valence-corrected chi connectivity index (χ4v) is 3.99. The lowest BCUT2D eigenvalue weighted by Crippen LogP contribution is -1.90. The van der Waals surface area contributed by atoms with Crippen molar-refractivity contribution in [3.05, 3.63) is 72.3 Å². The summed E-state index contributed by atoms with van der Waals surface area (Å²) in [7, 11) is 0. The third-order valence-electron chi connectivity index (χ3n) is 3.63. The molecule has 0 aliphatic heterocycles. The predicted molar refractivity (Wildman–Crippen MR) is 96.0 cm³/mol. The van der Waals surface area contributed by atoms with E-state index in [0.29, 0.717) is 0 Å². The Bertz CT molecular complexity index is 898. The Morgan fingerprint density at radius 3 is 2.74 bits per heavy atom. The summed E-state index contributed by atoms with van der Waals surface area (Å²) in [6.07, 6.45) is 5.55. The molecule has 114 valence electrons. The van der Waals surface area contributed by atoms with Gasteiger partial charge in [0, 0.05) is 29.6 Å². The zero-order valence-electron chi connectivity index (χ0n) is 12.3. The first-order valence-corrected chi connectivity index (χ1v) is 9.14. The number of hydrogen-bond acceptors (Lipinski definition) is 5. The van der Waals surface area contributed by atoms with Gasteiger partial charge >= 0.3 is 0 Å². The highest BCUT2D eigenvalue weighted by Gasteiger charge is 2.05. The molecule has 2 aromatic heterocycles. The molecule has 6 heteroatoms. The van der Waals surface area contributed by atoms with Crippen molar-refractivity contribution in [1.82, 2.24) is 18.3 Å². The van der Waals surface area contributed by atoms with Gasteiger partial charge in [-0.2, -0.15) is 20.5 Å². The van der Waals surface area contributed by atoms with Crippen LogP contribution in [0.25, 0.3) is 16.7 Å². The number of benzene rings is 2. The average molecular weight is 338 g/mol. The van der Waals surface area contributed by atoms with Gasteiger partial charge in [0.1, 0.15) is 11.0 Å². The van der Waals surface area contributed by atoms with Crippen molar-refractivity contribution >= 4 is 34.5 Å². The summed E-state index contributed by atoms with van der Waals surface area (Å²) in [6, 6.07) is 14.8. The minimum Gasteiger partial charge on any atom is -0.306 e. The van der Waals surface area contributed by atoms with Gasteiger partial charge in [-0.05, 0) is 29.3 Å². The van der Waals surface area contributed by atoms with Gasteiger partial charge in [0.25, 0.3) is 0 Å². The van der Waals surface area contributed by atoms with Crippen LogP contribution in [0.15, 0.2) is 61.2 Å². The summed E-state index contributed by atoms with van der Waals surface area (Å²) >= 11 is 3.18. The van der Waals surface area contributed by atoms with E-state index in [2.05, 4.69) is 50.1 Å². The van der Waals surface area contributed by atoms with E-state index >= 15 is 0 Å². The Morgan fingerprint density at radius 1 is 1.00 bits per heavy atom. The van der Waals surface area contributed by atoms with E-state index in [1.165, 1.54) is 22.9 Å². The summed E-state index contributed by atoms with van der Waals surface area (Å²) in [6.45, 7) is 0. The van der Waals surface area contributed by atoms with E-state index in [0.717, 1.165) is 28.2 Å². The van der Waals surface area contributed by atoms with Crippen molar-refractivity contribution in [1.29, 1.82) is 0 Å². The van der Waals surface area contributed by atoms with Gasteiger partial charge in [-0.25, -0.2) is 4.98 Å². The topological polar surface area (TPSA) is 43.6 Å². The van der Waals surface area contributed by atoms with Crippen LogP contribution in [-0.4, -0.2) is 18.3 Å². The van der Waals surface area contributed by atoms with Gasteiger partial charge in [0.15, 0.2) is 0 Å². The van der Waals surface area contributed by atoms with Gasteiger partial charge in [-0.3, -0.25) is 0 Å². The van der Waals surface area contributed by atoms with Crippen LogP contribution in [0.1, 0.15) is 11.1 Å². The van der Waals surface area contributed by atoms with Crippen molar-refractivity contribution < 1.29 is 0 Å². The first kappa shape index (κ1) is 14.4. The van der Waals surface area contributed by atoms with Gasteiger partial charge in [-0.15, -0.1) is 0 Å². The molecule has 0 fully saturated rings. The van der Waals surface area contributed by atoms with Crippen LogP contribution in [0.2, 0.25) is 0 Å². The standard InChI is InChI=1S/C17H14N4S2/c1-2-14(17-16(3-1)19-23-20-17)11-22-10-13-4-6-15(7-5-13)21-9-8-18-12-21/h1-9,12H,10-11H2. The molecule has 0 saturated heterocycles. The van der Waals surface area contributed by atoms with E-state index in [4.69, 9.17) is 0 Å². The Kier molecular flexibility index (Phi) is 4.08. The molecule has 2 aromatic carbocycles. The van der Waals surface area contributed by atoms with Gasteiger partial charge in [-0.1, -0.05) is 24.3 Å². The molecular formula is C17H14N4S2. The average Bonchev–Trinajstić information content (AvgIpc) is 3.27. The monoisotopic (exact) mass is 338 g/mol. The van der Waals surface area contributed by atoms with Gasteiger partial charge in [0.2, 0.25) is 0 Å². The highest BCUT2D eigenvalue weighted by molar-refractivity contribution is 7.97. The lowest BCUT2D eigenvalue weighted by molar-refractivity contribution is 1.05. The lowest BCUT2D eigenvalue weighted by atomic mass is 10.2. The SMILES string of the molecule is c1cc(CSCc2ccc(-n3ccnc3)cc2)c2nsnc2c1. The maximum Gasteiger partial charge on any atom is 0.108 e. The second-order valence-corrected chi connectivity index (χ2v) is 6.69. The zero-order chi connectivity index (χ0) is 15.5. The highest BCUT2D eigenvalue weighted by Crippen LogP contribution is 2.23. The van der Waals surface area contributed by atoms with Crippen LogP contribution in [0, 0.1) is 0 Å². The van der Waals surface area contributed by atoms with Gasteiger partial charge < -0.3 is 4.57 Å². The minimum atomic E-state index is 0.950.